The van der Waals surface area contributed by atoms with Crippen molar-refractivity contribution in [3.63, 3.8) is 0 Å². The van der Waals surface area contributed by atoms with E-state index in [2.05, 4.69) is 6.58 Å². The number of hydrogen-bond acceptors (Lipinski definition) is 2. The summed E-state index contributed by atoms with van der Waals surface area (Å²) in [5, 5.41) is 16.9. The van der Waals surface area contributed by atoms with Gasteiger partial charge in [-0.15, -0.1) is 0 Å². The predicted octanol–water partition coefficient (Wildman–Crippen LogP) is 2.23. The van der Waals surface area contributed by atoms with Crippen LogP contribution in [0.25, 0.3) is 5.57 Å². The Kier molecular flexibility index (Phi) is 2.42. The second-order valence-corrected chi connectivity index (χ2v) is 2.40. The van der Waals surface area contributed by atoms with Crippen LogP contribution in [0.15, 0.2) is 24.8 Å². The molecule has 1 rings (SSSR count). The van der Waals surface area contributed by atoms with Gasteiger partial charge in [-0.2, -0.15) is 10.5 Å². The van der Waals surface area contributed by atoms with Crippen LogP contribution in [0.1, 0.15) is 11.1 Å². The van der Waals surface area contributed by atoms with Crippen molar-refractivity contribution in [1.29, 1.82) is 10.5 Å². The number of halogens is 1. The predicted molar refractivity (Wildman–Crippen MR) is 45.8 cm³/mol. The van der Waals surface area contributed by atoms with Crippen LogP contribution < -0.4 is 0 Å². The van der Waals surface area contributed by atoms with E-state index in [1.807, 2.05) is 0 Å². The summed E-state index contributed by atoms with van der Waals surface area (Å²) in [6, 6.07) is 7.44. The first-order valence-corrected chi connectivity index (χ1v) is 3.48. The summed E-state index contributed by atoms with van der Waals surface area (Å²) in [6.45, 7) is 3.43. The average molecular weight is 172 g/mol. The Bertz CT molecular complexity index is 435. The van der Waals surface area contributed by atoms with E-state index in [1.54, 1.807) is 12.1 Å². The van der Waals surface area contributed by atoms with Gasteiger partial charge in [0.2, 0.25) is 0 Å². The van der Waals surface area contributed by atoms with E-state index >= 15 is 0 Å². The number of nitriles is 2. The third-order valence-corrected chi connectivity index (χ3v) is 1.57. The fraction of sp³-hybridized carbons (Fsp3) is 0. The molecule has 13 heavy (non-hydrogen) atoms. The Hall–Kier alpha value is -2.13. The first-order valence-electron chi connectivity index (χ1n) is 3.48. The number of allylic oxidation sites excluding steroid dienone is 1. The molecule has 0 saturated heterocycles. The Morgan fingerprint density at radius 2 is 2.08 bits per heavy atom. The molecule has 0 unspecified atom stereocenters. The maximum atomic E-state index is 13.0. The molecule has 0 aliphatic rings. The molecule has 0 aromatic heterocycles. The molecular formula is C10H5FN2. The van der Waals surface area contributed by atoms with Gasteiger partial charge in [0.05, 0.1) is 17.2 Å². The molecule has 0 spiro atoms. The molecule has 0 aliphatic heterocycles. The van der Waals surface area contributed by atoms with Crippen molar-refractivity contribution in [3.05, 3.63) is 41.7 Å². The normalized spacial score (nSPS) is 8.54. The van der Waals surface area contributed by atoms with Crippen LogP contribution in [0, 0.1) is 28.5 Å². The second kappa shape index (κ2) is 3.51. The molecule has 1 aromatic carbocycles. The molecule has 0 atom stereocenters. The van der Waals surface area contributed by atoms with E-state index in [0.29, 0.717) is 5.56 Å². The topological polar surface area (TPSA) is 47.6 Å². The molecule has 0 saturated carbocycles. The molecule has 0 radical (unpaired) electrons. The van der Waals surface area contributed by atoms with Crippen LogP contribution in [0.4, 0.5) is 4.39 Å². The van der Waals surface area contributed by atoms with Crippen LogP contribution in [-0.2, 0) is 0 Å². The molecule has 3 heteroatoms. The maximum absolute atomic E-state index is 13.0. The number of hydrogen-bond donors (Lipinski definition) is 0. The van der Waals surface area contributed by atoms with Gasteiger partial charge in [0, 0.05) is 0 Å². The first kappa shape index (κ1) is 8.96. The van der Waals surface area contributed by atoms with Crippen LogP contribution >= 0.6 is 0 Å². The second-order valence-electron chi connectivity index (χ2n) is 2.40. The zero-order valence-electron chi connectivity index (χ0n) is 6.71. The fourth-order valence-corrected chi connectivity index (χ4v) is 0.858. The molecule has 0 bridgehead atoms. The highest BCUT2D eigenvalue weighted by molar-refractivity contribution is 5.74. The largest absolute Gasteiger partial charge is 0.206 e. The van der Waals surface area contributed by atoms with Crippen molar-refractivity contribution in [2.75, 3.05) is 0 Å². The molecule has 62 valence electrons. The Labute approximate surface area is 75.2 Å². The summed E-state index contributed by atoms with van der Waals surface area (Å²) in [5.41, 5.74) is 0.553. The summed E-state index contributed by atoms with van der Waals surface area (Å²) < 4.78 is 13.0. The lowest BCUT2D eigenvalue weighted by Crippen LogP contribution is -1.86. The number of benzene rings is 1. The van der Waals surface area contributed by atoms with E-state index in [0.717, 1.165) is 6.07 Å². The SMILES string of the molecule is C=C(C#N)c1ccc(C#N)c(F)c1. The van der Waals surface area contributed by atoms with Gasteiger partial charge in [0.15, 0.2) is 0 Å². The minimum atomic E-state index is -0.628. The van der Waals surface area contributed by atoms with Crippen molar-refractivity contribution in [2.24, 2.45) is 0 Å². The molecule has 0 fully saturated rings. The number of nitrogens with zero attached hydrogens (tertiary/aromatic N) is 2. The standard InChI is InChI=1S/C10H5FN2/c1-7(5-12)8-2-3-9(6-13)10(11)4-8/h2-4H,1H2. The molecule has 1 aromatic rings. The van der Waals surface area contributed by atoms with Gasteiger partial charge >= 0.3 is 0 Å². The molecule has 0 heterocycles. The lowest BCUT2D eigenvalue weighted by atomic mass is 10.1. The van der Waals surface area contributed by atoms with E-state index in [4.69, 9.17) is 10.5 Å². The van der Waals surface area contributed by atoms with Gasteiger partial charge in [-0.05, 0) is 17.7 Å². The molecule has 2 nitrogen and oxygen atoms in total. The molecule has 0 amide bonds. The first-order chi connectivity index (χ1) is 6.19. The van der Waals surface area contributed by atoms with Gasteiger partial charge in [-0.25, -0.2) is 4.39 Å². The van der Waals surface area contributed by atoms with Crippen molar-refractivity contribution in [3.8, 4) is 12.1 Å². The third-order valence-electron chi connectivity index (χ3n) is 1.57. The zero-order chi connectivity index (χ0) is 9.84. The van der Waals surface area contributed by atoms with Crippen LogP contribution in [0.2, 0.25) is 0 Å². The van der Waals surface area contributed by atoms with Crippen molar-refractivity contribution < 1.29 is 4.39 Å². The van der Waals surface area contributed by atoms with Crippen molar-refractivity contribution >= 4 is 5.57 Å². The Morgan fingerprint density at radius 1 is 1.38 bits per heavy atom. The average Bonchev–Trinajstić information content (AvgIpc) is 2.16. The van der Waals surface area contributed by atoms with E-state index < -0.39 is 5.82 Å². The van der Waals surface area contributed by atoms with Crippen molar-refractivity contribution in [1.82, 2.24) is 0 Å². The Balaban J connectivity index is 3.21. The maximum Gasteiger partial charge on any atom is 0.141 e. The van der Waals surface area contributed by atoms with E-state index in [9.17, 15) is 4.39 Å². The quantitative estimate of drug-likeness (QED) is 0.610. The monoisotopic (exact) mass is 172 g/mol. The van der Waals surface area contributed by atoms with Gasteiger partial charge < -0.3 is 0 Å². The van der Waals surface area contributed by atoms with Gasteiger partial charge in [0.25, 0.3) is 0 Å². The van der Waals surface area contributed by atoms with E-state index in [-0.39, 0.29) is 11.1 Å². The van der Waals surface area contributed by atoms with Crippen LogP contribution in [0.5, 0.6) is 0 Å². The lowest BCUT2D eigenvalue weighted by molar-refractivity contribution is 0.623. The summed E-state index contributed by atoms with van der Waals surface area (Å²) >= 11 is 0. The van der Waals surface area contributed by atoms with E-state index in [1.165, 1.54) is 12.1 Å². The highest BCUT2D eigenvalue weighted by atomic mass is 19.1. The third kappa shape index (κ3) is 1.72. The minimum Gasteiger partial charge on any atom is -0.206 e. The summed E-state index contributed by atoms with van der Waals surface area (Å²) in [6.07, 6.45) is 0. The highest BCUT2D eigenvalue weighted by Crippen LogP contribution is 2.15. The Morgan fingerprint density at radius 3 is 2.54 bits per heavy atom. The summed E-state index contributed by atoms with van der Waals surface area (Å²) in [7, 11) is 0. The van der Waals surface area contributed by atoms with Crippen LogP contribution in [0.3, 0.4) is 0 Å². The minimum absolute atomic E-state index is 0.0329. The summed E-state index contributed by atoms with van der Waals surface area (Å²) in [4.78, 5) is 0. The summed E-state index contributed by atoms with van der Waals surface area (Å²) in [5.74, 6) is -0.628. The smallest absolute Gasteiger partial charge is 0.141 e. The van der Waals surface area contributed by atoms with Gasteiger partial charge in [-0.3, -0.25) is 0 Å². The highest BCUT2D eigenvalue weighted by Gasteiger charge is 2.03. The van der Waals surface area contributed by atoms with Crippen LogP contribution in [-0.4, -0.2) is 0 Å². The van der Waals surface area contributed by atoms with Crippen molar-refractivity contribution in [2.45, 2.75) is 0 Å². The molecular weight excluding hydrogens is 167 g/mol. The zero-order valence-corrected chi connectivity index (χ0v) is 6.71. The lowest BCUT2D eigenvalue weighted by Gasteiger charge is -1.97. The number of rotatable bonds is 1. The molecule has 0 N–H and O–H groups in total. The van der Waals surface area contributed by atoms with Gasteiger partial charge in [-0.1, -0.05) is 12.6 Å². The molecule has 0 aliphatic carbocycles. The van der Waals surface area contributed by atoms with Gasteiger partial charge in [0.1, 0.15) is 11.9 Å². The fourth-order valence-electron chi connectivity index (χ4n) is 0.858.